The normalized spacial score (nSPS) is 20.0. The highest BCUT2D eigenvalue weighted by atomic mass is 16.5. The van der Waals surface area contributed by atoms with Gasteiger partial charge in [0.2, 0.25) is 17.7 Å². The molecule has 1 N–H and O–H groups in total. The summed E-state index contributed by atoms with van der Waals surface area (Å²) in [6.45, 7) is 5.59. The fourth-order valence-corrected chi connectivity index (χ4v) is 4.22. The molecular weight excluding hydrogens is 398 g/mol. The van der Waals surface area contributed by atoms with Crippen molar-refractivity contribution in [3.05, 3.63) is 18.2 Å². The van der Waals surface area contributed by atoms with Crippen molar-refractivity contribution in [2.75, 3.05) is 38.8 Å². The minimum Gasteiger partial charge on any atom is -0.497 e. The quantitative estimate of drug-likeness (QED) is 0.715. The maximum Gasteiger partial charge on any atom is 0.245 e. The van der Waals surface area contributed by atoms with Crippen LogP contribution in [0.4, 0.5) is 5.69 Å². The van der Waals surface area contributed by atoms with E-state index < -0.39 is 12.0 Å². The molecule has 2 saturated heterocycles. The van der Waals surface area contributed by atoms with Crippen molar-refractivity contribution in [2.45, 2.75) is 45.6 Å². The van der Waals surface area contributed by atoms with Crippen LogP contribution in [0.2, 0.25) is 0 Å². The molecule has 2 fully saturated rings. The molecule has 1 aromatic rings. The maximum atomic E-state index is 13.0. The number of hydrogen-bond acceptors (Lipinski definition) is 5. The largest absolute Gasteiger partial charge is 0.497 e. The van der Waals surface area contributed by atoms with Gasteiger partial charge in [-0.2, -0.15) is 0 Å². The van der Waals surface area contributed by atoms with Gasteiger partial charge < -0.3 is 24.6 Å². The van der Waals surface area contributed by atoms with Crippen LogP contribution >= 0.6 is 0 Å². The number of nitrogens with zero attached hydrogens (tertiary/aromatic N) is 2. The lowest BCUT2D eigenvalue weighted by atomic mass is 9.99. The first kappa shape index (κ1) is 22.9. The molecular formula is C23H33N3O5. The lowest BCUT2D eigenvalue weighted by Gasteiger charge is -2.32. The Labute approximate surface area is 183 Å². The van der Waals surface area contributed by atoms with E-state index in [0.29, 0.717) is 17.2 Å². The average Bonchev–Trinajstić information content (AvgIpc) is 3.18. The number of amides is 3. The summed E-state index contributed by atoms with van der Waals surface area (Å²) in [7, 11) is 3.09. The van der Waals surface area contributed by atoms with Gasteiger partial charge in [0.15, 0.2) is 0 Å². The van der Waals surface area contributed by atoms with E-state index in [4.69, 9.17) is 9.47 Å². The number of carbonyl (C=O) groups excluding carboxylic acids is 3. The number of hydrogen-bond donors (Lipinski definition) is 1. The van der Waals surface area contributed by atoms with Gasteiger partial charge in [0.05, 0.1) is 25.8 Å². The van der Waals surface area contributed by atoms with E-state index in [1.807, 2.05) is 18.7 Å². The Hall–Kier alpha value is -2.77. The third-order valence-electron chi connectivity index (χ3n) is 6.07. The molecule has 1 aromatic carbocycles. The molecule has 0 radical (unpaired) electrons. The summed E-state index contributed by atoms with van der Waals surface area (Å²) in [4.78, 5) is 42.1. The summed E-state index contributed by atoms with van der Waals surface area (Å²) in [5, 5.41) is 2.93. The number of rotatable bonds is 7. The average molecular weight is 432 g/mol. The molecule has 3 rings (SSSR count). The molecule has 2 aliphatic rings. The van der Waals surface area contributed by atoms with Gasteiger partial charge in [-0.3, -0.25) is 14.4 Å². The molecule has 8 nitrogen and oxygen atoms in total. The zero-order valence-electron chi connectivity index (χ0n) is 18.8. The molecule has 8 heteroatoms. The van der Waals surface area contributed by atoms with Gasteiger partial charge in [-0.05, 0) is 37.3 Å². The van der Waals surface area contributed by atoms with Crippen LogP contribution in [0.5, 0.6) is 11.5 Å². The fraction of sp³-hybridized carbons (Fsp3) is 0.609. The monoisotopic (exact) mass is 431 g/mol. The number of nitrogens with one attached hydrogen (secondary N) is 1. The smallest absolute Gasteiger partial charge is 0.245 e. The van der Waals surface area contributed by atoms with Crippen molar-refractivity contribution >= 4 is 23.4 Å². The van der Waals surface area contributed by atoms with Gasteiger partial charge in [0.1, 0.15) is 17.5 Å². The fourth-order valence-electron chi connectivity index (χ4n) is 4.22. The van der Waals surface area contributed by atoms with Crippen LogP contribution in [0.15, 0.2) is 18.2 Å². The number of carbonyl (C=O) groups is 3. The van der Waals surface area contributed by atoms with E-state index in [-0.39, 0.29) is 36.6 Å². The van der Waals surface area contributed by atoms with Crippen LogP contribution in [0.3, 0.4) is 0 Å². The third-order valence-corrected chi connectivity index (χ3v) is 6.07. The lowest BCUT2D eigenvalue weighted by Crippen LogP contribution is -2.53. The number of piperidine rings is 1. The molecule has 2 heterocycles. The van der Waals surface area contributed by atoms with Crippen molar-refractivity contribution in [1.82, 2.24) is 10.2 Å². The minimum absolute atomic E-state index is 0.0268. The van der Waals surface area contributed by atoms with Crippen molar-refractivity contribution in [1.29, 1.82) is 0 Å². The highest BCUT2D eigenvalue weighted by Gasteiger charge is 2.38. The first-order valence-corrected chi connectivity index (χ1v) is 11.0. The highest BCUT2D eigenvalue weighted by molar-refractivity contribution is 6.02. The summed E-state index contributed by atoms with van der Waals surface area (Å²) in [6.07, 6.45) is 3.24. The Bertz CT molecular complexity index is 819. The Morgan fingerprint density at radius 2 is 1.81 bits per heavy atom. The van der Waals surface area contributed by atoms with E-state index >= 15 is 0 Å². The Morgan fingerprint density at radius 3 is 2.42 bits per heavy atom. The topological polar surface area (TPSA) is 88.2 Å². The molecule has 0 bridgehead atoms. The van der Waals surface area contributed by atoms with Gasteiger partial charge in [0, 0.05) is 32.1 Å². The molecule has 0 saturated carbocycles. The number of methoxy groups -OCH3 is 2. The van der Waals surface area contributed by atoms with Gasteiger partial charge in [0.25, 0.3) is 0 Å². The van der Waals surface area contributed by atoms with Gasteiger partial charge in [-0.1, -0.05) is 13.8 Å². The Morgan fingerprint density at radius 1 is 1.10 bits per heavy atom. The standard InChI is InChI=1S/C23H33N3O5/c1-15(2)21(23(29)25-10-6-5-7-11-25)24-22(28)16-12-20(27)26(14-16)18-9-8-17(30-3)13-19(18)31-4/h8-9,13,15-16,21H,5-7,10-12,14H2,1-4H3,(H,24,28). The predicted molar refractivity (Wildman–Crippen MR) is 117 cm³/mol. The first-order valence-electron chi connectivity index (χ1n) is 11.0. The molecule has 31 heavy (non-hydrogen) atoms. The zero-order chi connectivity index (χ0) is 22.5. The molecule has 0 spiro atoms. The molecule has 0 aromatic heterocycles. The number of ether oxygens (including phenoxy) is 2. The molecule has 2 atom stereocenters. The second-order valence-corrected chi connectivity index (χ2v) is 8.56. The number of anilines is 1. The predicted octanol–water partition coefficient (Wildman–Crippen LogP) is 2.21. The van der Waals surface area contributed by atoms with Crippen LogP contribution < -0.4 is 19.7 Å². The van der Waals surface area contributed by atoms with E-state index in [2.05, 4.69) is 5.32 Å². The van der Waals surface area contributed by atoms with E-state index in [0.717, 1.165) is 32.4 Å². The summed E-state index contributed by atoms with van der Waals surface area (Å²) in [5.74, 6) is 0.148. The third kappa shape index (κ3) is 5.11. The van der Waals surface area contributed by atoms with E-state index in [9.17, 15) is 14.4 Å². The van der Waals surface area contributed by atoms with Crippen molar-refractivity contribution < 1.29 is 23.9 Å². The van der Waals surface area contributed by atoms with Crippen molar-refractivity contribution in [3.63, 3.8) is 0 Å². The van der Waals surface area contributed by atoms with Crippen molar-refractivity contribution in [3.8, 4) is 11.5 Å². The first-order chi connectivity index (χ1) is 14.8. The summed E-state index contributed by atoms with van der Waals surface area (Å²) >= 11 is 0. The Balaban J connectivity index is 1.69. The van der Waals surface area contributed by atoms with Gasteiger partial charge in [-0.25, -0.2) is 0 Å². The second kappa shape index (κ2) is 10.0. The van der Waals surface area contributed by atoms with Gasteiger partial charge in [-0.15, -0.1) is 0 Å². The molecule has 0 aliphatic carbocycles. The maximum absolute atomic E-state index is 13.0. The lowest BCUT2D eigenvalue weighted by molar-refractivity contribution is -0.139. The zero-order valence-corrected chi connectivity index (χ0v) is 18.8. The van der Waals surface area contributed by atoms with Crippen LogP contribution in [0, 0.1) is 11.8 Å². The number of likely N-dealkylation sites (tertiary alicyclic amines) is 1. The second-order valence-electron chi connectivity index (χ2n) is 8.56. The van der Waals surface area contributed by atoms with Crippen LogP contribution in [0.1, 0.15) is 39.5 Å². The molecule has 3 amide bonds. The van der Waals surface area contributed by atoms with Gasteiger partial charge >= 0.3 is 0 Å². The summed E-state index contributed by atoms with van der Waals surface area (Å²) < 4.78 is 10.6. The molecule has 170 valence electrons. The van der Waals surface area contributed by atoms with E-state index in [1.165, 1.54) is 7.11 Å². The van der Waals surface area contributed by atoms with Crippen LogP contribution in [0.25, 0.3) is 0 Å². The summed E-state index contributed by atoms with van der Waals surface area (Å²) in [6, 6.07) is 4.64. The highest BCUT2D eigenvalue weighted by Crippen LogP contribution is 2.35. The Kier molecular flexibility index (Phi) is 7.41. The summed E-state index contributed by atoms with van der Waals surface area (Å²) in [5.41, 5.74) is 0.605. The van der Waals surface area contributed by atoms with Crippen LogP contribution in [-0.4, -0.2) is 62.5 Å². The van der Waals surface area contributed by atoms with Crippen LogP contribution in [-0.2, 0) is 14.4 Å². The molecule has 2 unspecified atom stereocenters. The SMILES string of the molecule is COc1ccc(N2CC(C(=O)NC(C(=O)N3CCCCC3)C(C)C)CC2=O)c(OC)c1. The van der Waals surface area contributed by atoms with Crippen molar-refractivity contribution in [2.24, 2.45) is 11.8 Å². The minimum atomic E-state index is -0.578. The molecule has 2 aliphatic heterocycles. The number of benzene rings is 1. The van der Waals surface area contributed by atoms with E-state index in [1.54, 1.807) is 30.2 Å².